The Labute approximate surface area is 111 Å². The van der Waals surface area contributed by atoms with Crippen LogP contribution in [0.1, 0.15) is 54.4 Å². The van der Waals surface area contributed by atoms with Crippen molar-refractivity contribution in [3.05, 3.63) is 0 Å². The number of carbonyl (C=O) groups is 2. The van der Waals surface area contributed by atoms with Crippen molar-refractivity contribution in [2.24, 2.45) is 17.3 Å². The number of hydrogen-bond donors (Lipinski definition) is 0. The maximum Gasteiger partial charge on any atom is 0.222 e. The molecule has 1 aliphatic carbocycles. The highest BCUT2D eigenvalue weighted by Gasteiger charge is 2.59. The summed E-state index contributed by atoms with van der Waals surface area (Å²) in [5.41, 5.74) is 0.237. The van der Waals surface area contributed by atoms with E-state index in [-0.39, 0.29) is 23.1 Å². The Morgan fingerprint density at radius 2 is 1.83 bits per heavy atom. The Kier molecular flexibility index (Phi) is 4.57. The summed E-state index contributed by atoms with van der Waals surface area (Å²) in [4.78, 5) is 25.4. The van der Waals surface area contributed by atoms with Crippen LogP contribution in [0.2, 0.25) is 0 Å². The number of carbonyl (C=O) groups excluding carboxylic acids is 2. The number of Topliss-reactive ketones (excluding diaryl/α,β-unsaturated/α-hetero) is 1. The van der Waals surface area contributed by atoms with Crippen LogP contribution in [0, 0.1) is 17.3 Å². The fourth-order valence-corrected chi connectivity index (χ4v) is 3.43. The minimum atomic E-state index is -0.160. The van der Waals surface area contributed by atoms with E-state index in [1.54, 1.807) is 6.92 Å². The summed E-state index contributed by atoms with van der Waals surface area (Å²) in [6.07, 6.45) is 1.62. The van der Waals surface area contributed by atoms with Gasteiger partial charge < -0.3 is 4.90 Å². The third kappa shape index (κ3) is 2.19. The average Bonchev–Trinajstić information content (AvgIpc) is 2.38. The molecule has 3 heteroatoms. The quantitative estimate of drug-likeness (QED) is 0.759. The first-order valence-electron chi connectivity index (χ1n) is 7.19. The molecule has 3 unspecified atom stereocenters. The van der Waals surface area contributed by atoms with Crippen LogP contribution in [0.4, 0.5) is 0 Å². The molecule has 0 radical (unpaired) electrons. The van der Waals surface area contributed by atoms with Gasteiger partial charge >= 0.3 is 0 Å². The van der Waals surface area contributed by atoms with Crippen molar-refractivity contribution in [1.29, 1.82) is 0 Å². The van der Waals surface area contributed by atoms with E-state index >= 15 is 0 Å². The maximum absolute atomic E-state index is 11.8. The molecule has 0 spiro atoms. The van der Waals surface area contributed by atoms with Gasteiger partial charge in [-0.05, 0) is 30.6 Å². The monoisotopic (exact) mass is 253 g/mol. The molecule has 3 rings (SSSR count). The number of ketones is 1. The summed E-state index contributed by atoms with van der Waals surface area (Å²) in [6.45, 7) is 12.7. The number of rotatable bonds is 2. The van der Waals surface area contributed by atoms with Gasteiger partial charge in [-0.2, -0.15) is 0 Å². The molecule has 3 fully saturated rings. The van der Waals surface area contributed by atoms with Gasteiger partial charge in [-0.15, -0.1) is 0 Å². The lowest BCUT2D eigenvalue weighted by atomic mass is 9.49. The van der Waals surface area contributed by atoms with E-state index in [0.29, 0.717) is 18.3 Å². The Morgan fingerprint density at radius 1 is 1.28 bits per heavy atom. The summed E-state index contributed by atoms with van der Waals surface area (Å²) in [5.74, 6) is 1.24. The van der Waals surface area contributed by atoms with Crippen LogP contribution in [-0.4, -0.2) is 29.2 Å². The second-order valence-corrected chi connectivity index (χ2v) is 5.82. The van der Waals surface area contributed by atoms with Crippen molar-refractivity contribution in [2.45, 2.75) is 60.4 Å². The zero-order valence-electron chi connectivity index (χ0n) is 12.6. The van der Waals surface area contributed by atoms with Crippen LogP contribution in [0.25, 0.3) is 0 Å². The van der Waals surface area contributed by atoms with Crippen LogP contribution >= 0.6 is 0 Å². The van der Waals surface area contributed by atoms with Crippen molar-refractivity contribution < 1.29 is 9.59 Å². The normalized spacial score (nSPS) is 31.9. The van der Waals surface area contributed by atoms with Crippen LogP contribution in [-0.2, 0) is 9.59 Å². The first-order valence-corrected chi connectivity index (χ1v) is 7.19. The van der Waals surface area contributed by atoms with E-state index in [2.05, 4.69) is 13.8 Å². The molecule has 18 heavy (non-hydrogen) atoms. The number of nitrogens with zero attached hydrogens (tertiary/aromatic N) is 1. The predicted molar refractivity (Wildman–Crippen MR) is 73.2 cm³/mol. The minimum absolute atomic E-state index is 0.130. The standard InChI is InChI=1S/C13H21NO2.C2H6/c1-5-11(16)14-7-9-6-10(13(9,3)4)12(14)8(2)15;1-2/h9-10,12H,5-7H2,1-4H3;1-2H3. The minimum Gasteiger partial charge on any atom is -0.332 e. The highest BCUT2D eigenvalue weighted by molar-refractivity contribution is 5.88. The third-order valence-corrected chi connectivity index (χ3v) is 4.72. The lowest BCUT2D eigenvalue weighted by Crippen LogP contribution is -2.68. The zero-order valence-corrected chi connectivity index (χ0v) is 12.6. The summed E-state index contributed by atoms with van der Waals surface area (Å²) >= 11 is 0. The lowest BCUT2D eigenvalue weighted by molar-refractivity contribution is -0.174. The largest absolute Gasteiger partial charge is 0.332 e. The summed E-state index contributed by atoms with van der Waals surface area (Å²) in [5, 5.41) is 0. The van der Waals surface area contributed by atoms with E-state index in [1.807, 2.05) is 25.7 Å². The molecule has 0 aromatic carbocycles. The summed E-state index contributed by atoms with van der Waals surface area (Å²) in [7, 11) is 0. The molecule has 0 aromatic heterocycles. The van der Waals surface area contributed by atoms with Gasteiger partial charge in [0.2, 0.25) is 5.91 Å². The van der Waals surface area contributed by atoms with E-state index in [9.17, 15) is 9.59 Å². The van der Waals surface area contributed by atoms with Gasteiger partial charge in [0.15, 0.2) is 5.78 Å². The zero-order chi connectivity index (χ0) is 14.1. The molecule has 104 valence electrons. The van der Waals surface area contributed by atoms with Gasteiger partial charge in [0, 0.05) is 13.0 Å². The Bertz CT molecular complexity index is 335. The van der Waals surface area contributed by atoms with Crippen LogP contribution in [0.3, 0.4) is 0 Å². The van der Waals surface area contributed by atoms with Gasteiger partial charge in [-0.3, -0.25) is 9.59 Å². The molecular weight excluding hydrogens is 226 g/mol. The van der Waals surface area contributed by atoms with Crippen molar-refractivity contribution >= 4 is 11.7 Å². The molecule has 3 atom stereocenters. The fourth-order valence-electron chi connectivity index (χ4n) is 3.43. The molecule has 1 amide bonds. The smallest absolute Gasteiger partial charge is 0.222 e. The van der Waals surface area contributed by atoms with Crippen molar-refractivity contribution in [1.82, 2.24) is 4.90 Å². The average molecular weight is 253 g/mol. The first-order chi connectivity index (χ1) is 8.39. The van der Waals surface area contributed by atoms with E-state index in [0.717, 1.165) is 13.0 Å². The number of fused-ring (bicyclic) bond motifs is 2. The molecule has 3 nitrogen and oxygen atoms in total. The highest BCUT2D eigenvalue weighted by Crippen LogP contribution is 2.57. The summed E-state index contributed by atoms with van der Waals surface area (Å²) in [6, 6.07) is -0.160. The van der Waals surface area contributed by atoms with Crippen molar-refractivity contribution in [2.75, 3.05) is 6.54 Å². The molecular formula is C15H27NO2. The van der Waals surface area contributed by atoms with E-state index in [4.69, 9.17) is 0 Å². The van der Waals surface area contributed by atoms with Gasteiger partial charge in [-0.25, -0.2) is 0 Å². The molecule has 3 aliphatic rings. The van der Waals surface area contributed by atoms with Crippen LogP contribution < -0.4 is 0 Å². The number of hydrogen-bond acceptors (Lipinski definition) is 2. The van der Waals surface area contributed by atoms with Gasteiger partial charge in [0.25, 0.3) is 0 Å². The topological polar surface area (TPSA) is 37.4 Å². The molecule has 2 aliphatic heterocycles. The molecule has 2 saturated heterocycles. The molecule has 2 heterocycles. The molecule has 0 aromatic rings. The molecule has 1 saturated carbocycles. The van der Waals surface area contributed by atoms with Gasteiger partial charge in [0.05, 0.1) is 6.04 Å². The van der Waals surface area contributed by atoms with Crippen molar-refractivity contribution in [3.8, 4) is 0 Å². The highest BCUT2D eigenvalue weighted by atomic mass is 16.2. The summed E-state index contributed by atoms with van der Waals surface area (Å²) < 4.78 is 0. The second kappa shape index (κ2) is 5.41. The maximum atomic E-state index is 11.8. The fraction of sp³-hybridized carbons (Fsp3) is 0.867. The van der Waals surface area contributed by atoms with Crippen LogP contribution in [0.15, 0.2) is 0 Å². The second-order valence-electron chi connectivity index (χ2n) is 5.82. The molecule has 0 N–H and O–H groups in total. The predicted octanol–water partition coefficient (Wildman–Crippen LogP) is 2.88. The first kappa shape index (κ1) is 15.2. The van der Waals surface area contributed by atoms with E-state index < -0.39 is 0 Å². The SMILES string of the molecule is CC.CCC(=O)N1CC2CC(C1C(C)=O)C2(C)C. The third-order valence-electron chi connectivity index (χ3n) is 4.72. The van der Waals surface area contributed by atoms with E-state index in [1.165, 1.54) is 0 Å². The Balaban J connectivity index is 0.000000771. The Morgan fingerprint density at radius 3 is 2.22 bits per heavy atom. The van der Waals surface area contributed by atoms with Crippen LogP contribution in [0.5, 0.6) is 0 Å². The number of piperidine rings is 2. The van der Waals surface area contributed by atoms with Crippen molar-refractivity contribution in [3.63, 3.8) is 0 Å². The lowest BCUT2D eigenvalue weighted by Gasteiger charge is -2.62. The van der Waals surface area contributed by atoms with Gasteiger partial charge in [0.1, 0.15) is 0 Å². The Hall–Kier alpha value is -0.860. The van der Waals surface area contributed by atoms with Gasteiger partial charge in [-0.1, -0.05) is 34.6 Å². The molecule has 2 bridgehead atoms. The number of amides is 1.